The molecule has 2 unspecified atom stereocenters. The zero-order chi connectivity index (χ0) is 25.4. The number of aromatic nitrogens is 4. The highest BCUT2D eigenvalue weighted by Crippen LogP contribution is 2.27. The number of nitrogens with zero attached hydrogens (tertiary/aromatic N) is 4. The Balaban J connectivity index is 1.56. The topological polar surface area (TPSA) is 81.3 Å². The maximum absolute atomic E-state index is 13.6. The van der Waals surface area contributed by atoms with Gasteiger partial charge in [-0.05, 0) is 57.0 Å². The van der Waals surface area contributed by atoms with Crippen LogP contribution in [0.1, 0.15) is 36.6 Å². The second-order valence-corrected chi connectivity index (χ2v) is 10.3. The van der Waals surface area contributed by atoms with Crippen LogP contribution in [0, 0.1) is 13.8 Å². The van der Waals surface area contributed by atoms with Gasteiger partial charge >= 0.3 is 0 Å². The summed E-state index contributed by atoms with van der Waals surface area (Å²) in [7, 11) is 0. The number of nitrogens with one attached hydrogen (secondary N) is 1. The minimum Gasteiger partial charge on any atom is -0.349 e. The van der Waals surface area contributed by atoms with Crippen LogP contribution in [0.2, 0.25) is 0 Å². The number of fused-ring (bicyclic) bond motifs is 3. The van der Waals surface area contributed by atoms with Crippen molar-refractivity contribution in [1.82, 2.24) is 24.5 Å². The molecular weight excluding hydrogens is 470 g/mol. The van der Waals surface area contributed by atoms with Gasteiger partial charge in [-0.1, -0.05) is 71.9 Å². The van der Waals surface area contributed by atoms with Gasteiger partial charge in [0.05, 0.1) is 27.9 Å². The molecule has 0 fully saturated rings. The van der Waals surface area contributed by atoms with E-state index in [1.54, 1.807) is 4.57 Å². The van der Waals surface area contributed by atoms with Gasteiger partial charge in [0.2, 0.25) is 11.7 Å². The summed E-state index contributed by atoms with van der Waals surface area (Å²) in [6.45, 7) is 7.81. The minimum absolute atomic E-state index is 0.0971. The van der Waals surface area contributed by atoms with E-state index in [0.717, 1.165) is 22.4 Å². The lowest BCUT2D eigenvalue weighted by Gasteiger charge is -2.17. The first kappa shape index (κ1) is 23.8. The highest BCUT2D eigenvalue weighted by atomic mass is 32.2. The number of hydrogen-bond acceptors (Lipinski definition) is 5. The molecule has 0 saturated heterocycles. The molecule has 5 rings (SSSR count). The van der Waals surface area contributed by atoms with E-state index < -0.39 is 5.25 Å². The third kappa shape index (κ3) is 4.28. The number of rotatable bonds is 6. The Labute approximate surface area is 213 Å². The normalized spacial score (nSPS) is 13.1. The van der Waals surface area contributed by atoms with Crippen molar-refractivity contribution in [2.24, 2.45) is 0 Å². The molecule has 0 saturated carbocycles. The number of hydrogen-bond donors (Lipinski definition) is 1. The molecule has 7 nitrogen and oxygen atoms in total. The summed E-state index contributed by atoms with van der Waals surface area (Å²) in [5.41, 5.74) is 4.43. The number of para-hydroxylation sites is 1. The molecule has 2 heterocycles. The van der Waals surface area contributed by atoms with Crippen LogP contribution in [-0.4, -0.2) is 30.3 Å². The molecule has 0 radical (unpaired) electrons. The fourth-order valence-corrected chi connectivity index (χ4v) is 5.26. The zero-order valence-corrected chi connectivity index (χ0v) is 21.4. The van der Waals surface area contributed by atoms with Crippen LogP contribution in [0.3, 0.4) is 0 Å². The van der Waals surface area contributed by atoms with E-state index in [2.05, 4.69) is 15.5 Å². The lowest BCUT2D eigenvalue weighted by Crippen LogP contribution is -2.33. The van der Waals surface area contributed by atoms with E-state index in [-0.39, 0.29) is 17.5 Å². The molecule has 0 bridgehead atoms. The number of carbonyl (C=O) groups is 1. The minimum atomic E-state index is -0.427. The maximum atomic E-state index is 13.6. The zero-order valence-electron chi connectivity index (χ0n) is 20.6. The highest BCUT2D eigenvalue weighted by molar-refractivity contribution is 8.00. The first-order valence-corrected chi connectivity index (χ1v) is 12.7. The van der Waals surface area contributed by atoms with Gasteiger partial charge < -0.3 is 5.32 Å². The molecule has 0 aliphatic carbocycles. The Morgan fingerprint density at radius 3 is 2.42 bits per heavy atom. The van der Waals surface area contributed by atoms with Crippen LogP contribution in [0.5, 0.6) is 0 Å². The summed E-state index contributed by atoms with van der Waals surface area (Å²) in [4.78, 5) is 26.6. The number of carbonyl (C=O) groups excluding carboxylic acids is 1. The maximum Gasteiger partial charge on any atom is 0.267 e. The smallest absolute Gasteiger partial charge is 0.267 e. The summed E-state index contributed by atoms with van der Waals surface area (Å²) in [6, 6.07) is 23.1. The molecular formula is C28H27N5O2S. The van der Waals surface area contributed by atoms with Gasteiger partial charge in [-0.25, -0.2) is 4.57 Å². The van der Waals surface area contributed by atoms with Crippen molar-refractivity contribution < 1.29 is 4.79 Å². The second-order valence-electron chi connectivity index (χ2n) is 8.97. The van der Waals surface area contributed by atoms with Crippen molar-refractivity contribution in [1.29, 1.82) is 0 Å². The molecule has 3 aromatic carbocycles. The Hall–Kier alpha value is -3.91. The van der Waals surface area contributed by atoms with Crippen molar-refractivity contribution in [2.45, 2.75) is 44.1 Å². The van der Waals surface area contributed by atoms with Crippen LogP contribution in [-0.2, 0) is 4.79 Å². The van der Waals surface area contributed by atoms with Crippen LogP contribution in [0.15, 0.2) is 82.7 Å². The molecule has 36 heavy (non-hydrogen) atoms. The predicted octanol–water partition coefficient (Wildman–Crippen LogP) is 5.01. The lowest BCUT2D eigenvalue weighted by atomic mass is 10.1. The van der Waals surface area contributed by atoms with Crippen LogP contribution in [0.25, 0.3) is 22.4 Å². The molecule has 2 atom stereocenters. The number of amides is 1. The van der Waals surface area contributed by atoms with Crippen LogP contribution >= 0.6 is 11.8 Å². The van der Waals surface area contributed by atoms with Gasteiger partial charge in [0.1, 0.15) is 0 Å². The Kier molecular flexibility index (Phi) is 6.36. The largest absolute Gasteiger partial charge is 0.349 e. The molecule has 1 N–H and O–H groups in total. The van der Waals surface area contributed by atoms with Crippen molar-refractivity contribution in [3.8, 4) is 5.69 Å². The Morgan fingerprint density at radius 2 is 1.67 bits per heavy atom. The van der Waals surface area contributed by atoms with E-state index >= 15 is 0 Å². The summed E-state index contributed by atoms with van der Waals surface area (Å²) in [5, 5.41) is 12.6. The lowest BCUT2D eigenvalue weighted by molar-refractivity contribution is -0.120. The molecule has 0 spiro atoms. The van der Waals surface area contributed by atoms with Gasteiger partial charge in [0, 0.05) is 0 Å². The van der Waals surface area contributed by atoms with Gasteiger partial charge in [-0.3, -0.25) is 14.0 Å². The molecule has 8 heteroatoms. The van der Waals surface area contributed by atoms with Gasteiger partial charge in [-0.2, -0.15) is 0 Å². The summed E-state index contributed by atoms with van der Waals surface area (Å²) >= 11 is 1.32. The van der Waals surface area contributed by atoms with E-state index in [0.29, 0.717) is 21.8 Å². The van der Waals surface area contributed by atoms with Crippen molar-refractivity contribution in [3.05, 3.63) is 99.8 Å². The van der Waals surface area contributed by atoms with Gasteiger partial charge in [0.25, 0.3) is 5.56 Å². The SMILES string of the molecule is Cc1ccc(-n2c(=O)c3ccccc3n3c(SC(C)C(=O)NC(C)c4ccccc4)nnc23)c(C)c1. The number of benzene rings is 3. The van der Waals surface area contributed by atoms with Crippen LogP contribution in [0.4, 0.5) is 0 Å². The first-order chi connectivity index (χ1) is 17.3. The second kappa shape index (κ2) is 9.62. The van der Waals surface area contributed by atoms with E-state index in [9.17, 15) is 9.59 Å². The summed E-state index contributed by atoms with van der Waals surface area (Å²) < 4.78 is 3.47. The molecule has 0 aliphatic rings. The Morgan fingerprint density at radius 1 is 0.944 bits per heavy atom. The number of thioether (sulfide) groups is 1. The van der Waals surface area contributed by atoms with Gasteiger partial charge in [0.15, 0.2) is 5.16 Å². The predicted molar refractivity (Wildman–Crippen MR) is 144 cm³/mol. The van der Waals surface area contributed by atoms with Crippen molar-refractivity contribution in [3.63, 3.8) is 0 Å². The number of aryl methyl sites for hydroxylation is 2. The standard InChI is InChI=1S/C28H27N5O2S/c1-17-14-15-23(18(2)16-17)32-26(35)22-12-8-9-13-24(22)33-27(32)30-31-28(33)36-20(4)25(34)29-19(3)21-10-6-5-7-11-21/h5-16,19-20H,1-4H3,(H,29,34). The van der Waals surface area contributed by atoms with Gasteiger partial charge in [-0.15, -0.1) is 10.2 Å². The third-order valence-electron chi connectivity index (χ3n) is 6.30. The van der Waals surface area contributed by atoms with E-state index in [4.69, 9.17) is 0 Å². The summed E-state index contributed by atoms with van der Waals surface area (Å²) in [5.74, 6) is 0.318. The first-order valence-electron chi connectivity index (χ1n) is 11.8. The molecule has 1 amide bonds. The van der Waals surface area contributed by atoms with Crippen molar-refractivity contribution >= 4 is 34.3 Å². The molecule has 2 aromatic heterocycles. The monoisotopic (exact) mass is 497 g/mol. The molecule has 182 valence electrons. The van der Waals surface area contributed by atoms with Crippen LogP contribution < -0.4 is 10.9 Å². The quantitative estimate of drug-likeness (QED) is 0.334. The fraction of sp³-hybridized carbons (Fsp3) is 0.214. The highest BCUT2D eigenvalue weighted by Gasteiger charge is 2.23. The molecule has 0 aliphatic heterocycles. The van der Waals surface area contributed by atoms with E-state index in [1.807, 2.05) is 105 Å². The average Bonchev–Trinajstić information content (AvgIpc) is 3.29. The summed E-state index contributed by atoms with van der Waals surface area (Å²) in [6.07, 6.45) is 0. The third-order valence-corrected chi connectivity index (χ3v) is 7.34. The molecule has 5 aromatic rings. The van der Waals surface area contributed by atoms with E-state index in [1.165, 1.54) is 11.8 Å². The fourth-order valence-electron chi connectivity index (χ4n) is 4.40. The Bertz CT molecular complexity index is 1640. The van der Waals surface area contributed by atoms with Crippen molar-refractivity contribution in [2.75, 3.05) is 0 Å². The average molecular weight is 498 g/mol.